The summed E-state index contributed by atoms with van der Waals surface area (Å²) >= 11 is 0. The SMILES string of the molecule is C=C(CCCCCN(CCCCCC)CCCOCCOCCOCCC)OCC(CCCCCC)CCCCCCCC.CCC.CCC.CCCCCCCCC(CC)COC=O. The maximum atomic E-state index is 10.1. The van der Waals surface area contributed by atoms with Gasteiger partial charge in [0, 0.05) is 26.2 Å². The number of carbonyl (C=O) groups is 1. The highest BCUT2D eigenvalue weighted by Gasteiger charge is 2.11. The van der Waals surface area contributed by atoms with Gasteiger partial charge in [-0.05, 0) is 76.3 Å². The molecule has 0 aromatic carbocycles. The Labute approximate surface area is 409 Å². The Kier molecular flexibility index (Phi) is 72.7. The molecule has 0 amide bonds. The van der Waals surface area contributed by atoms with Crippen molar-refractivity contribution in [3.05, 3.63) is 12.3 Å². The van der Waals surface area contributed by atoms with Gasteiger partial charge in [-0.2, -0.15) is 0 Å². The van der Waals surface area contributed by atoms with Crippen molar-refractivity contribution in [3.8, 4) is 0 Å². The Morgan fingerprint density at radius 1 is 0.431 bits per heavy atom. The molecule has 0 N–H and O–H groups in total. The Hall–Kier alpha value is -1.15. The molecule has 0 spiro atoms. The number of allylic oxidation sites excluding steroid dienone is 1. The van der Waals surface area contributed by atoms with Gasteiger partial charge in [0.15, 0.2) is 0 Å². The monoisotopic (exact) mass is 928 g/mol. The Morgan fingerprint density at radius 2 is 0.815 bits per heavy atom. The lowest BCUT2D eigenvalue weighted by atomic mass is 9.95. The lowest BCUT2D eigenvalue weighted by molar-refractivity contribution is -0.130. The van der Waals surface area contributed by atoms with Crippen molar-refractivity contribution in [2.75, 3.05) is 72.5 Å². The number of unbranched alkanes of at least 4 members (excludes halogenated alkanes) is 18. The van der Waals surface area contributed by atoms with E-state index >= 15 is 0 Å². The van der Waals surface area contributed by atoms with E-state index in [9.17, 15) is 4.79 Å². The molecule has 0 saturated heterocycles. The van der Waals surface area contributed by atoms with Crippen LogP contribution in [0.25, 0.3) is 0 Å². The summed E-state index contributed by atoms with van der Waals surface area (Å²) in [5.41, 5.74) is 0. The second kappa shape index (κ2) is 67.1. The lowest BCUT2D eigenvalue weighted by Crippen LogP contribution is -2.28. The average Bonchev–Trinajstić information content (AvgIpc) is 3.30. The van der Waals surface area contributed by atoms with Crippen LogP contribution >= 0.6 is 0 Å². The smallest absolute Gasteiger partial charge is 0.293 e. The highest BCUT2D eigenvalue weighted by Crippen LogP contribution is 2.21. The Balaban J connectivity index is -0.000000730. The topological polar surface area (TPSA) is 66.5 Å². The minimum Gasteiger partial charge on any atom is -0.498 e. The van der Waals surface area contributed by atoms with Gasteiger partial charge < -0.3 is 28.6 Å². The van der Waals surface area contributed by atoms with Gasteiger partial charge in [0.1, 0.15) is 0 Å². The van der Waals surface area contributed by atoms with Gasteiger partial charge in [0.05, 0.1) is 45.4 Å². The van der Waals surface area contributed by atoms with Crippen molar-refractivity contribution >= 4 is 6.47 Å². The molecule has 2 unspecified atom stereocenters. The van der Waals surface area contributed by atoms with E-state index in [1.807, 2.05) is 0 Å². The fourth-order valence-corrected chi connectivity index (χ4v) is 7.49. The predicted octanol–water partition coefficient (Wildman–Crippen LogP) is 17.9. The van der Waals surface area contributed by atoms with E-state index in [-0.39, 0.29) is 0 Å². The molecule has 0 bridgehead atoms. The first kappa shape index (κ1) is 70.4. The van der Waals surface area contributed by atoms with Crippen LogP contribution in [0.4, 0.5) is 0 Å². The van der Waals surface area contributed by atoms with E-state index in [0.29, 0.717) is 51.3 Å². The molecule has 0 radical (unpaired) electrons. The van der Waals surface area contributed by atoms with Crippen LogP contribution in [0, 0.1) is 11.8 Å². The average molecular weight is 929 g/mol. The summed E-state index contributed by atoms with van der Waals surface area (Å²) in [7, 11) is 0. The van der Waals surface area contributed by atoms with Crippen molar-refractivity contribution < 1.29 is 28.5 Å². The van der Waals surface area contributed by atoms with Crippen molar-refractivity contribution in [3.63, 3.8) is 0 Å². The quantitative estimate of drug-likeness (QED) is 0.0342. The van der Waals surface area contributed by atoms with E-state index in [1.54, 1.807) is 0 Å². The fourth-order valence-electron chi connectivity index (χ4n) is 7.49. The van der Waals surface area contributed by atoms with Crippen molar-refractivity contribution in [2.45, 2.75) is 275 Å². The van der Waals surface area contributed by atoms with Gasteiger partial charge in [-0.3, -0.25) is 4.79 Å². The number of carbonyl (C=O) groups excluding carboxylic acids is 1. The van der Waals surface area contributed by atoms with Crippen LogP contribution in [0.5, 0.6) is 0 Å². The lowest BCUT2D eigenvalue weighted by Gasteiger charge is -2.22. The molecule has 0 aliphatic carbocycles. The molecule has 7 nitrogen and oxygen atoms in total. The van der Waals surface area contributed by atoms with Gasteiger partial charge in [-0.1, -0.05) is 223 Å². The van der Waals surface area contributed by atoms with Gasteiger partial charge in [-0.15, -0.1) is 0 Å². The summed E-state index contributed by atoms with van der Waals surface area (Å²) < 4.78 is 27.9. The zero-order valence-corrected chi connectivity index (χ0v) is 46.2. The molecule has 0 rings (SSSR count). The van der Waals surface area contributed by atoms with Crippen molar-refractivity contribution in [1.29, 1.82) is 0 Å². The van der Waals surface area contributed by atoms with E-state index in [2.05, 4.69) is 80.7 Å². The molecule has 0 aliphatic rings. The molecule has 0 aliphatic heterocycles. The summed E-state index contributed by atoms with van der Waals surface area (Å²) in [4.78, 5) is 12.7. The molecule has 0 fully saturated rings. The number of ether oxygens (including phenoxy) is 5. The number of nitrogens with zero attached hydrogens (tertiary/aromatic N) is 1. The van der Waals surface area contributed by atoms with Gasteiger partial charge in [-0.25, -0.2) is 0 Å². The Morgan fingerprint density at radius 3 is 1.28 bits per heavy atom. The van der Waals surface area contributed by atoms with Gasteiger partial charge >= 0.3 is 0 Å². The third-order valence-electron chi connectivity index (χ3n) is 11.5. The first-order chi connectivity index (χ1) is 31.8. The summed E-state index contributed by atoms with van der Waals surface area (Å²) in [6.07, 6.45) is 41.3. The third-order valence-corrected chi connectivity index (χ3v) is 11.5. The summed E-state index contributed by atoms with van der Waals surface area (Å²) in [5, 5.41) is 0. The number of hydrogen-bond acceptors (Lipinski definition) is 7. The molecule has 2 atom stereocenters. The summed E-state index contributed by atoms with van der Waals surface area (Å²) in [5.74, 6) is 2.29. The largest absolute Gasteiger partial charge is 0.498 e. The molecule has 0 aromatic rings. The predicted molar refractivity (Wildman–Crippen MR) is 287 cm³/mol. The second-order valence-electron chi connectivity index (χ2n) is 18.7. The number of hydrogen-bond donors (Lipinski definition) is 0. The van der Waals surface area contributed by atoms with Crippen LogP contribution in [-0.4, -0.2) is 83.9 Å². The molecule has 0 saturated carbocycles. The third kappa shape index (κ3) is 67.2. The van der Waals surface area contributed by atoms with E-state index in [0.717, 1.165) is 57.8 Å². The summed E-state index contributed by atoms with van der Waals surface area (Å²) in [6.45, 7) is 36.1. The van der Waals surface area contributed by atoms with Gasteiger partial charge in [0.2, 0.25) is 0 Å². The van der Waals surface area contributed by atoms with Crippen LogP contribution in [0.15, 0.2) is 12.3 Å². The van der Waals surface area contributed by atoms with Crippen LogP contribution < -0.4 is 0 Å². The highest BCUT2D eigenvalue weighted by molar-refractivity contribution is 5.36. The van der Waals surface area contributed by atoms with Crippen LogP contribution in [0.1, 0.15) is 275 Å². The van der Waals surface area contributed by atoms with E-state index in [4.69, 9.17) is 23.7 Å². The zero-order chi connectivity index (χ0) is 49.0. The summed E-state index contributed by atoms with van der Waals surface area (Å²) in [6, 6.07) is 0. The fraction of sp³-hybridized carbons (Fsp3) is 0.948. The molecule has 0 aromatic heterocycles. The molecule has 394 valence electrons. The van der Waals surface area contributed by atoms with E-state index in [1.165, 1.54) is 193 Å². The molecular weight excluding hydrogens is 807 g/mol. The second-order valence-corrected chi connectivity index (χ2v) is 18.7. The molecule has 65 heavy (non-hydrogen) atoms. The zero-order valence-electron chi connectivity index (χ0n) is 46.2. The first-order valence-electron chi connectivity index (χ1n) is 28.7. The Bertz CT molecular complexity index is 826. The van der Waals surface area contributed by atoms with Gasteiger partial charge in [0.25, 0.3) is 6.47 Å². The van der Waals surface area contributed by atoms with Crippen LogP contribution in [0.2, 0.25) is 0 Å². The number of rotatable bonds is 49. The maximum absolute atomic E-state index is 10.1. The first-order valence-corrected chi connectivity index (χ1v) is 28.7. The van der Waals surface area contributed by atoms with Crippen LogP contribution in [0.3, 0.4) is 0 Å². The van der Waals surface area contributed by atoms with Crippen molar-refractivity contribution in [2.24, 2.45) is 11.8 Å². The highest BCUT2D eigenvalue weighted by atomic mass is 16.5. The maximum Gasteiger partial charge on any atom is 0.293 e. The van der Waals surface area contributed by atoms with Crippen molar-refractivity contribution in [1.82, 2.24) is 4.90 Å². The standard InChI is InChI=1S/C39H79NO4.C13H26O2.2C3H8/c1-6-10-13-16-17-21-27-39(26-20-14-11-7-2)37-44-38(5)25-19-18-23-29-40(28-22-15-12-8-3)30-24-32-42-34-36-43-35-33-41-31-9-4;1-3-5-6-7-8-9-10-13(4-2)11-15-12-14;2*1-3-2/h39H,5-37H2,1-4H3;12-13H,3-11H2,1-2H3;2*3H2,1-2H3. The minimum absolute atomic E-state index is 0.559. The van der Waals surface area contributed by atoms with E-state index < -0.39 is 0 Å². The molecular formula is C58H121NO6. The normalized spacial score (nSPS) is 11.7. The van der Waals surface area contributed by atoms with Crippen LogP contribution in [-0.2, 0) is 28.5 Å². The minimum atomic E-state index is 0.559. The molecule has 0 heterocycles. The molecule has 7 heteroatoms.